The molecule has 0 spiro atoms. The maximum absolute atomic E-state index is 12.8. The summed E-state index contributed by atoms with van der Waals surface area (Å²) in [5, 5.41) is 23.5. The van der Waals surface area contributed by atoms with Crippen LogP contribution in [0.5, 0.6) is 0 Å². The van der Waals surface area contributed by atoms with Gasteiger partial charge >= 0.3 is 19.5 Å². The van der Waals surface area contributed by atoms with E-state index in [9.17, 15) is 35.9 Å². The highest BCUT2D eigenvalue weighted by Gasteiger charge is 2.51. The van der Waals surface area contributed by atoms with E-state index in [1.165, 1.54) is 36.4 Å². The van der Waals surface area contributed by atoms with Crippen molar-refractivity contribution >= 4 is 68.6 Å². The number of nitrogens with zero attached hydrogens (tertiary/aromatic N) is 2. The first-order valence-corrected chi connectivity index (χ1v) is 19.2. The molecular weight excluding hydrogens is 881 g/mol. The number of halogens is 7. The lowest BCUT2D eigenvalue weighted by atomic mass is 9.77. The van der Waals surface area contributed by atoms with Crippen molar-refractivity contribution in [3.8, 4) is 12.1 Å². The van der Waals surface area contributed by atoms with Crippen LogP contribution in [0.2, 0.25) is 0 Å². The van der Waals surface area contributed by atoms with Crippen molar-refractivity contribution in [1.82, 2.24) is 0 Å². The molecule has 0 unspecified atom stereocenters. The van der Waals surface area contributed by atoms with Crippen LogP contribution in [0.25, 0.3) is 5.57 Å². The Morgan fingerprint density at radius 3 is 1.29 bits per heavy atom. The minimum atomic E-state index is -4.52. The van der Waals surface area contributed by atoms with Crippen LogP contribution < -0.4 is 27.6 Å². The second-order valence-electron chi connectivity index (χ2n) is 15.2. The lowest BCUT2D eigenvalue weighted by Crippen LogP contribution is -2.41. The summed E-state index contributed by atoms with van der Waals surface area (Å²) in [6.45, 7) is 20.9. The number of carbonyl (C=O) groups is 2. The molecule has 2 amide bonds. The Bertz CT molecular complexity index is 2450. The molecule has 0 radical (unpaired) electrons. The first kappa shape index (κ1) is 50.3. The number of benzene rings is 4. The molecule has 1 aliphatic rings. The lowest BCUT2D eigenvalue weighted by Gasteiger charge is -2.32. The number of alkyl halides is 6. The molecule has 0 saturated carbocycles. The average Bonchev–Trinajstić information content (AvgIpc) is 3.39. The van der Waals surface area contributed by atoms with Crippen molar-refractivity contribution < 1.29 is 45.2 Å². The number of amides is 2. The Labute approximate surface area is 364 Å². The predicted octanol–water partition coefficient (Wildman–Crippen LogP) is 10.4. The summed E-state index contributed by atoms with van der Waals surface area (Å²) in [4.78, 5) is 25.1. The van der Waals surface area contributed by atoms with Crippen LogP contribution in [0.4, 0.5) is 49.1 Å². The fourth-order valence-electron chi connectivity index (χ4n) is 5.79. The third-order valence-corrected chi connectivity index (χ3v) is 10.4. The van der Waals surface area contributed by atoms with Crippen molar-refractivity contribution in [2.45, 2.75) is 78.9 Å². The molecule has 0 aliphatic carbocycles. The largest absolute Gasteiger partial charge is 0.494 e. The molecule has 18 heteroatoms. The topological polar surface area (TPSA) is 176 Å². The van der Waals surface area contributed by atoms with E-state index in [-0.39, 0.29) is 34.0 Å². The second-order valence-corrected chi connectivity index (χ2v) is 16.2. The summed E-state index contributed by atoms with van der Waals surface area (Å²) in [6.07, 6.45) is -8.80. The fourth-order valence-corrected chi connectivity index (χ4v) is 5.79. The molecule has 10 nitrogen and oxygen atoms in total. The number of aryl methyl sites for hydroxylation is 4. The lowest BCUT2D eigenvalue weighted by molar-refractivity contribution is -0.0825. The molecule has 326 valence electrons. The minimum Gasteiger partial charge on any atom is -0.399 e. The normalized spacial score (nSPS) is 13.9. The van der Waals surface area contributed by atoms with Crippen molar-refractivity contribution in [2.75, 3.05) is 22.1 Å². The van der Waals surface area contributed by atoms with Gasteiger partial charge in [0.25, 0.3) is 11.8 Å². The van der Waals surface area contributed by atoms with Crippen LogP contribution >= 0.6 is 15.9 Å². The van der Waals surface area contributed by atoms with E-state index in [2.05, 4.69) is 39.7 Å². The van der Waals surface area contributed by atoms with E-state index in [0.29, 0.717) is 27.9 Å². The zero-order valence-electron chi connectivity index (χ0n) is 35.1. The van der Waals surface area contributed by atoms with Gasteiger partial charge in [-0.2, -0.15) is 36.9 Å². The highest BCUT2D eigenvalue weighted by Crippen LogP contribution is 2.38. The molecule has 0 atom stereocenters. The number of hydrogen-bond acceptors (Lipinski definition) is 8. The zero-order chi connectivity index (χ0) is 47.3. The number of carbonyl (C=O) groups excluding carboxylic acids is 2. The Balaban J connectivity index is 0.000000288. The van der Waals surface area contributed by atoms with E-state index in [0.717, 1.165) is 22.3 Å². The maximum atomic E-state index is 12.8. The summed E-state index contributed by atoms with van der Waals surface area (Å²) < 4.78 is 82.9. The first-order chi connectivity index (χ1) is 28.4. The highest BCUT2D eigenvalue weighted by molar-refractivity contribution is 9.11. The number of nitrogens with two attached hydrogens (primary N) is 2. The number of rotatable bonds is 6. The number of nitrogen functional groups attached to an aromatic ring is 2. The molecule has 4 aromatic carbocycles. The third-order valence-electron chi connectivity index (χ3n) is 9.96. The Morgan fingerprint density at radius 1 is 0.661 bits per heavy atom. The van der Waals surface area contributed by atoms with E-state index in [4.69, 9.17) is 31.3 Å². The summed E-state index contributed by atoms with van der Waals surface area (Å²) >= 11 is 2.18. The second kappa shape index (κ2) is 19.3. The number of allylic oxidation sites excluding steroid dienone is 2. The van der Waals surface area contributed by atoms with Crippen molar-refractivity contribution in [1.29, 1.82) is 10.5 Å². The monoisotopic (exact) mass is 924 g/mol. The minimum absolute atomic E-state index is 0.0480. The van der Waals surface area contributed by atoms with Crippen molar-refractivity contribution in [3.05, 3.63) is 128 Å². The van der Waals surface area contributed by atoms with Gasteiger partial charge < -0.3 is 31.4 Å². The van der Waals surface area contributed by atoms with Gasteiger partial charge in [0.1, 0.15) is 12.1 Å². The number of nitriles is 2. The molecule has 0 aromatic heterocycles. The molecule has 6 N–H and O–H groups in total. The quantitative estimate of drug-likeness (QED) is 0.0839. The van der Waals surface area contributed by atoms with E-state index in [1.54, 1.807) is 26.0 Å². The van der Waals surface area contributed by atoms with Crippen LogP contribution in [-0.4, -0.2) is 42.5 Å². The molecule has 0 bridgehead atoms. The third kappa shape index (κ3) is 12.3. The van der Waals surface area contributed by atoms with E-state index in [1.807, 2.05) is 65.8 Å². The molecule has 1 aliphatic heterocycles. The Kier molecular flexibility index (Phi) is 15.7. The van der Waals surface area contributed by atoms with Crippen LogP contribution in [0.15, 0.2) is 78.3 Å². The van der Waals surface area contributed by atoms with Crippen LogP contribution in [0.1, 0.15) is 87.4 Å². The summed E-state index contributed by atoms with van der Waals surface area (Å²) in [6, 6.07) is 19.4. The standard InChI is InChI=1S/C22H26BN3O3.C19H16F3N3O.C3H2BrF3/c1-13-9-17(23-28-21(3,4)22(5,6)29-23)10-14(2)19(13)26-20(27)15-7-8-16(12-24)18(25)11-15;1-10-6-15(12(3)19(20,21)22)7-11(2)17(10)25-18(26)13-4-5-14(9-23)16(24)8-13;1-2(4)3(5,6)7/h7-11H,25H2,1-6H3,(H,26,27);4-8H,3,24H2,1-2H3,(H,25,26);1H2. The van der Waals surface area contributed by atoms with Gasteiger partial charge in [0.2, 0.25) is 0 Å². The van der Waals surface area contributed by atoms with Gasteiger partial charge in [0.15, 0.2) is 0 Å². The van der Waals surface area contributed by atoms with Crippen LogP contribution in [0, 0.1) is 50.4 Å². The van der Waals surface area contributed by atoms with Gasteiger partial charge in [-0.1, -0.05) is 25.3 Å². The van der Waals surface area contributed by atoms with Gasteiger partial charge in [-0.25, -0.2) is 0 Å². The van der Waals surface area contributed by atoms with Gasteiger partial charge in [-0.05, 0) is 153 Å². The van der Waals surface area contributed by atoms with Crippen LogP contribution in [-0.2, 0) is 9.31 Å². The smallest absolute Gasteiger partial charge is 0.399 e. The first-order valence-electron chi connectivity index (χ1n) is 18.4. The molecular formula is C44H44BBrF6N6O4. The summed E-state index contributed by atoms with van der Waals surface area (Å²) in [5.41, 5.74) is 16.2. The van der Waals surface area contributed by atoms with E-state index >= 15 is 0 Å². The summed E-state index contributed by atoms with van der Waals surface area (Å²) in [5.74, 6) is -0.759. The van der Waals surface area contributed by atoms with Gasteiger partial charge in [0.05, 0.1) is 43.8 Å². The average molecular weight is 926 g/mol. The SMILES string of the molecule is C=C(Br)C(F)(F)F.C=C(c1cc(C)c(NC(=O)c2ccc(C#N)c(N)c2)c(C)c1)C(F)(F)F.Cc1cc(B2OC(C)(C)C(C)(C)O2)cc(C)c1NC(=O)c1ccc(C#N)c(N)c1. The Hall–Kier alpha value is -6.08. The highest BCUT2D eigenvalue weighted by atomic mass is 79.9. The zero-order valence-corrected chi connectivity index (χ0v) is 36.7. The molecule has 5 rings (SSSR count). The Morgan fingerprint density at radius 2 is 1.00 bits per heavy atom. The van der Waals surface area contributed by atoms with Crippen molar-refractivity contribution in [2.24, 2.45) is 0 Å². The maximum Gasteiger partial charge on any atom is 0.494 e. The molecule has 1 heterocycles. The van der Waals surface area contributed by atoms with Crippen molar-refractivity contribution in [3.63, 3.8) is 0 Å². The molecule has 62 heavy (non-hydrogen) atoms. The van der Waals surface area contributed by atoms with Gasteiger partial charge in [0, 0.05) is 22.5 Å². The predicted molar refractivity (Wildman–Crippen MR) is 234 cm³/mol. The number of anilines is 4. The fraction of sp³-hybridized carbons (Fsp3) is 0.273. The van der Waals surface area contributed by atoms with Crippen LogP contribution in [0.3, 0.4) is 0 Å². The summed E-state index contributed by atoms with van der Waals surface area (Å²) in [7, 11) is -0.458. The van der Waals surface area contributed by atoms with E-state index < -0.39 is 46.6 Å². The van der Waals surface area contributed by atoms with Gasteiger partial charge in [-0.15, -0.1) is 0 Å². The molecule has 1 saturated heterocycles. The molecule has 4 aromatic rings. The van der Waals surface area contributed by atoms with Gasteiger partial charge in [-0.3, -0.25) is 9.59 Å². The number of nitrogens with one attached hydrogen (secondary N) is 2. The number of hydrogen-bond donors (Lipinski definition) is 4. The molecule has 1 fully saturated rings.